The average Bonchev–Trinajstić information content (AvgIpc) is 2.90. The number of hydrogen-bond acceptors (Lipinski definition) is 3. The van der Waals surface area contributed by atoms with E-state index >= 15 is 0 Å². The van der Waals surface area contributed by atoms with Crippen molar-refractivity contribution in [1.82, 2.24) is 9.78 Å². The van der Waals surface area contributed by atoms with Crippen molar-refractivity contribution in [2.75, 3.05) is 12.4 Å². The van der Waals surface area contributed by atoms with Gasteiger partial charge in [0.25, 0.3) is 0 Å². The summed E-state index contributed by atoms with van der Waals surface area (Å²) in [4.78, 5) is 0. The Kier molecular flexibility index (Phi) is 3.62. The number of fused-ring (bicyclic) bond motifs is 1. The van der Waals surface area contributed by atoms with Crippen molar-refractivity contribution in [3.8, 4) is 5.75 Å². The molecular weight excluding hydrogens is 262 g/mol. The molecule has 0 amide bonds. The van der Waals surface area contributed by atoms with Crippen LogP contribution in [0, 0.1) is 5.92 Å². The molecule has 0 fully saturated rings. The molecule has 21 heavy (non-hydrogen) atoms. The first-order chi connectivity index (χ1) is 10.1. The van der Waals surface area contributed by atoms with E-state index in [2.05, 4.69) is 60.1 Å². The molecule has 4 heteroatoms. The standard InChI is InChI=1S/C17H23N3O/c1-11(2)20-17(15(21-4)10-18-20)16-12(3)9-13-7-5-6-8-14(13)19-16/h5-8,10-12,16,19H,9H2,1-4H3. The number of ether oxygens (including phenoxy) is 1. The third-order valence-electron chi connectivity index (χ3n) is 4.24. The molecule has 0 saturated heterocycles. The summed E-state index contributed by atoms with van der Waals surface area (Å²) in [5, 5.41) is 8.18. The smallest absolute Gasteiger partial charge is 0.162 e. The Morgan fingerprint density at radius 2 is 2.10 bits per heavy atom. The molecule has 1 aromatic heterocycles. The summed E-state index contributed by atoms with van der Waals surface area (Å²) >= 11 is 0. The third kappa shape index (κ3) is 2.39. The second kappa shape index (κ2) is 5.43. The molecule has 1 aliphatic heterocycles. The molecule has 1 aliphatic rings. The minimum atomic E-state index is 0.222. The maximum atomic E-state index is 5.54. The van der Waals surface area contributed by atoms with E-state index in [1.165, 1.54) is 11.3 Å². The van der Waals surface area contributed by atoms with Gasteiger partial charge in [-0.2, -0.15) is 5.10 Å². The second-order valence-electron chi connectivity index (χ2n) is 6.10. The van der Waals surface area contributed by atoms with Crippen molar-refractivity contribution in [3.63, 3.8) is 0 Å². The van der Waals surface area contributed by atoms with E-state index in [1.54, 1.807) is 7.11 Å². The summed E-state index contributed by atoms with van der Waals surface area (Å²) < 4.78 is 7.61. The topological polar surface area (TPSA) is 39.1 Å². The maximum Gasteiger partial charge on any atom is 0.162 e. The first kappa shape index (κ1) is 14.0. The molecule has 112 valence electrons. The number of hydrogen-bond donors (Lipinski definition) is 1. The van der Waals surface area contributed by atoms with Crippen LogP contribution in [0.1, 0.15) is 44.1 Å². The summed E-state index contributed by atoms with van der Waals surface area (Å²) in [6.07, 6.45) is 2.89. The van der Waals surface area contributed by atoms with Crippen LogP contribution in [0.5, 0.6) is 5.75 Å². The lowest BCUT2D eigenvalue weighted by Crippen LogP contribution is -2.29. The van der Waals surface area contributed by atoms with Gasteiger partial charge in [0.15, 0.2) is 5.75 Å². The minimum absolute atomic E-state index is 0.222. The van der Waals surface area contributed by atoms with E-state index in [0.717, 1.165) is 17.9 Å². The zero-order chi connectivity index (χ0) is 15.0. The fraction of sp³-hybridized carbons (Fsp3) is 0.471. The van der Waals surface area contributed by atoms with Crippen LogP contribution in [-0.2, 0) is 6.42 Å². The molecular formula is C17H23N3O. The van der Waals surface area contributed by atoms with Gasteiger partial charge in [0.1, 0.15) is 5.69 Å². The maximum absolute atomic E-state index is 5.54. The number of benzene rings is 1. The van der Waals surface area contributed by atoms with Crippen LogP contribution in [0.25, 0.3) is 0 Å². The zero-order valence-electron chi connectivity index (χ0n) is 13.1. The van der Waals surface area contributed by atoms with Crippen LogP contribution >= 0.6 is 0 Å². The molecule has 2 unspecified atom stereocenters. The molecule has 4 nitrogen and oxygen atoms in total. The van der Waals surface area contributed by atoms with Gasteiger partial charge >= 0.3 is 0 Å². The van der Waals surface area contributed by atoms with Gasteiger partial charge in [0.2, 0.25) is 0 Å². The SMILES string of the molecule is COc1cnn(C(C)C)c1C1Nc2ccccc2CC1C. The Hall–Kier alpha value is -1.97. The second-order valence-corrected chi connectivity index (χ2v) is 6.10. The van der Waals surface area contributed by atoms with Gasteiger partial charge in [-0.3, -0.25) is 4.68 Å². The highest BCUT2D eigenvalue weighted by atomic mass is 16.5. The fourth-order valence-corrected chi connectivity index (χ4v) is 3.17. The molecule has 2 atom stereocenters. The Balaban J connectivity index is 2.03. The first-order valence-electron chi connectivity index (χ1n) is 7.57. The number of anilines is 1. The van der Waals surface area contributed by atoms with Crippen molar-refractivity contribution >= 4 is 5.69 Å². The summed E-state index contributed by atoms with van der Waals surface area (Å²) in [7, 11) is 1.71. The predicted molar refractivity (Wildman–Crippen MR) is 84.8 cm³/mol. The van der Waals surface area contributed by atoms with Gasteiger partial charge < -0.3 is 10.1 Å². The summed E-state index contributed by atoms with van der Waals surface area (Å²) in [6.45, 7) is 6.58. The van der Waals surface area contributed by atoms with Crippen LogP contribution in [-0.4, -0.2) is 16.9 Å². The number of nitrogens with one attached hydrogen (secondary N) is 1. The number of para-hydroxylation sites is 1. The van der Waals surface area contributed by atoms with Gasteiger partial charge in [-0.25, -0.2) is 0 Å². The normalized spacial score (nSPS) is 21.0. The Morgan fingerprint density at radius 1 is 1.33 bits per heavy atom. The summed E-state index contributed by atoms with van der Waals surface area (Å²) in [6, 6.07) is 9.07. The summed E-state index contributed by atoms with van der Waals surface area (Å²) in [5.41, 5.74) is 3.75. The van der Waals surface area contributed by atoms with Gasteiger partial charge in [-0.05, 0) is 37.8 Å². The predicted octanol–water partition coefficient (Wildman–Crippen LogP) is 3.82. The third-order valence-corrected chi connectivity index (χ3v) is 4.24. The zero-order valence-corrected chi connectivity index (χ0v) is 13.1. The van der Waals surface area contributed by atoms with Crippen molar-refractivity contribution < 1.29 is 4.74 Å². The lowest BCUT2D eigenvalue weighted by Gasteiger charge is -2.34. The number of aromatic nitrogens is 2. The van der Waals surface area contributed by atoms with E-state index in [4.69, 9.17) is 4.74 Å². The van der Waals surface area contributed by atoms with Crippen LogP contribution in [0.4, 0.5) is 5.69 Å². The highest BCUT2D eigenvalue weighted by Crippen LogP contribution is 2.40. The van der Waals surface area contributed by atoms with E-state index in [9.17, 15) is 0 Å². The van der Waals surface area contributed by atoms with Crippen molar-refractivity contribution in [2.24, 2.45) is 5.92 Å². The number of rotatable bonds is 3. The average molecular weight is 285 g/mol. The van der Waals surface area contributed by atoms with Crippen molar-refractivity contribution in [2.45, 2.75) is 39.3 Å². The molecule has 2 aromatic rings. The molecule has 1 N–H and O–H groups in total. The highest BCUT2D eigenvalue weighted by molar-refractivity contribution is 5.55. The summed E-state index contributed by atoms with van der Waals surface area (Å²) in [5.74, 6) is 1.36. The Labute approximate surface area is 126 Å². The molecule has 0 bridgehead atoms. The molecule has 0 radical (unpaired) electrons. The fourth-order valence-electron chi connectivity index (χ4n) is 3.17. The molecule has 1 aromatic carbocycles. The lowest BCUT2D eigenvalue weighted by molar-refractivity contribution is 0.375. The van der Waals surface area contributed by atoms with E-state index in [0.29, 0.717) is 12.0 Å². The largest absolute Gasteiger partial charge is 0.493 e. The Morgan fingerprint density at radius 3 is 2.81 bits per heavy atom. The first-order valence-corrected chi connectivity index (χ1v) is 7.57. The molecule has 2 heterocycles. The minimum Gasteiger partial charge on any atom is -0.493 e. The molecule has 3 rings (SSSR count). The van der Waals surface area contributed by atoms with E-state index in [1.807, 2.05) is 6.20 Å². The van der Waals surface area contributed by atoms with Crippen molar-refractivity contribution in [3.05, 3.63) is 41.7 Å². The Bertz CT molecular complexity index is 633. The van der Waals surface area contributed by atoms with Gasteiger partial charge in [-0.15, -0.1) is 0 Å². The van der Waals surface area contributed by atoms with Crippen LogP contribution < -0.4 is 10.1 Å². The number of methoxy groups -OCH3 is 1. The molecule has 0 saturated carbocycles. The molecule has 0 aliphatic carbocycles. The van der Waals surface area contributed by atoms with Crippen LogP contribution in [0.2, 0.25) is 0 Å². The van der Waals surface area contributed by atoms with E-state index < -0.39 is 0 Å². The van der Waals surface area contributed by atoms with E-state index in [-0.39, 0.29) is 6.04 Å². The van der Waals surface area contributed by atoms with Gasteiger partial charge in [-0.1, -0.05) is 25.1 Å². The van der Waals surface area contributed by atoms with Crippen LogP contribution in [0.3, 0.4) is 0 Å². The highest BCUT2D eigenvalue weighted by Gasteiger charge is 2.31. The quantitative estimate of drug-likeness (QED) is 0.932. The lowest BCUT2D eigenvalue weighted by atomic mass is 9.86. The monoisotopic (exact) mass is 285 g/mol. The van der Waals surface area contributed by atoms with Crippen LogP contribution in [0.15, 0.2) is 30.5 Å². The molecule has 0 spiro atoms. The van der Waals surface area contributed by atoms with Gasteiger partial charge in [0, 0.05) is 11.7 Å². The number of nitrogens with zero attached hydrogens (tertiary/aromatic N) is 2. The van der Waals surface area contributed by atoms with Gasteiger partial charge in [0.05, 0.1) is 19.3 Å². The van der Waals surface area contributed by atoms with Crippen molar-refractivity contribution in [1.29, 1.82) is 0 Å².